The van der Waals surface area contributed by atoms with E-state index < -0.39 is 22.7 Å². The van der Waals surface area contributed by atoms with Crippen molar-refractivity contribution in [3.8, 4) is 0 Å². The molecule has 0 atom stereocenters. The molecule has 0 aromatic heterocycles. The van der Waals surface area contributed by atoms with E-state index in [1.54, 1.807) is 7.11 Å². The molecule has 124 valence electrons. The van der Waals surface area contributed by atoms with Gasteiger partial charge in [-0.1, -0.05) is 12.8 Å². The molecule has 0 unspecified atom stereocenters. The SMILES string of the molecule is COCC1(CCNC(=O)NS(=O)(=O)CCCF)CCCC1. The molecule has 0 aromatic carbocycles. The number of halogens is 1. The number of methoxy groups -OCH3 is 1. The van der Waals surface area contributed by atoms with Crippen molar-refractivity contribution in [2.75, 3.05) is 32.7 Å². The van der Waals surface area contributed by atoms with E-state index in [1.165, 1.54) is 0 Å². The molecule has 0 bridgehead atoms. The molecule has 0 aromatic rings. The highest BCUT2D eigenvalue weighted by Gasteiger charge is 2.33. The fraction of sp³-hybridized carbons (Fsp3) is 0.923. The molecule has 1 aliphatic carbocycles. The van der Waals surface area contributed by atoms with Gasteiger partial charge in [0, 0.05) is 13.7 Å². The zero-order valence-electron chi connectivity index (χ0n) is 12.5. The molecule has 21 heavy (non-hydrogen) atoms. The van der Waals surface area contributed by atoms with E-state index >= 15 is 0 Å². The Morgan fingerprint density at radius 1 is 1.33 bits per heavy atom. The molecule has 1 saturated carbocycles. The van der Waals surface area contributed by atoms with Crippen LogP contribution in [0.3, 0.4) is 0 Å². The normalized spacial score (nSPS) is 17.6. The van der Waals surface area contributed by atoms with Gasteiger partial charge >= 0.3 is 6.03 Å². The first-order valence-corrected chi connectivity index (χ1v) is 8.91. The lowest BCUT2D eigenvalue weighted by atomic mass is 9.83. The van der Waals surface area contributed by atoms with Crippen molar-refractivity contribution in [2.45, 2.75) is 38.5 Å². The topological polar surface area (TPSA) is 84.5 Å². The number of nitrogens with one attached hydrogen (secondary N) is 2. The van der Waals surface area contributed by atoms with E-state index in [0.29, 0.717) is 13.2 Å². The lowest BCUT2D eigenvalue weighted by molar-refractivity contribution is 0.0772. The predicted octanol–water partition coefficient (Wildman–Crippen LogP) is 1.57. The second kappa shape index (κ2) is 8.53. The number of urea groups is 1. The van der Waals surface area contributed by atoms with Gasteiger partial charge in [-0.3, -0.25) is 4.39 Å². The molecule has 1 fully saturated rings. The van der Waals surface area contributed by atoms with Crippen LogP contribution in [0, 0.1) is 5.41 Å². The van der Waals surface area contributed by atoms with Crippen LogP contribution in [0.15, 0.2) is 0 Å². The first-order valence-electron chi connectivity index (χ1n) is 7.26. The highest BCUT2D eigenvalue weighted by Crippen LogP contribution is 2.40. The van der Waals surface area contributed by atoms with E-state index in [1.807, 2.05) is 4.72 Å². The summed E-state index contributed by atoms with van der Waals surface area (Å²) in [6.45, 7) is 0.334. The summed E-state index contributed by atoms with van der Waals surface area (Å²) >= 11 is 0. The van der Waals surface area contributed by atoms with Gasteiger partial charge in [-0.2, -0.15) is 0 Å². The summed E-state index contributed by atoms with van der Waals surface area (Å²) in [6.07, 6.45) is 5.11. The maximum absolute atomic E-state index is 11.9. The Hall–Kier alpha value is -0.890. The van der Waals surface area contributed by atoms with E-state index in [-0.39, 0.29) is 17.6 Å². The van der Waals surface area contributed by atoms with Gasteiger partial charge in [0.15, 0.2) is 0 Å². The maximum atomic E-state index is 11.9. The molecule has 6 nitrogen and oxygen atoms in total. The first-order chi connectivity index (χ1) is 9.93. The fourth-order valence-corrected chi connectivity index (χ4v) is 3.76. The average molecular weight is 324 g/mol. The van der Waals surface area contributed by atoms with E-state index in [0.717, 1.165) is 32.1 Å². The van der Waals surface area contributed by atoms with Gasteiger partial charge in [0.25, 0.3) is 0 Å². The smallest absolute Gasteiger partial charge is 0.328 e. The molecule has 1 aliphatic rings. The molecule has 0 radical (unpaired) electrons. The van der Waals surface area contributed by atoms with Gasteiger partial charge in [-0.05, 0) is 31.1 Å². The number of hydrogen-bond acceptors (Lipinski definition) is 4. The zero-order valence-corrected chi connectivity index (χ0v) is 13.3. The Kier molecular flexibility index (Phi) is 7.37. The van der Waals surface area contributed by atoms with Crippen molar-refractivity contribution in [3.63, 3.8) is 0 Å². The summed E-state index contributed by atoms with van der Waals surface area (Å²) in [5.74, 6) is -0.384. The van der Waals surface area contributed by atoms with Crippen molar-refractivity contribution in [1.29, 1.82) is 0 Å². The molecular weight excluding hydrogens is 299 g/mol. The number of sulfonamides is 1. The highest BCUT2D eigenvalue weighted by molar-refractivity contribution is 7.90. The van der Waals surface area contributed by atoms with Crippen LogP contribution in [0.5, 0.6) is 0 Å². The quantitative estimate of drug-likeness (QED) is 0.674. The molecule has 1 rings (SSSR count). The lowest BCUT2D eigenvalue weighted by Crippen LogP contribution is -2.42. The molecule has 2 amide bonds. The number of amides is 2. The first kappa shape index (κ1) is 18.2. The Morgan fingerprint density at radius 3 is 2.57 bits per heavy atom. The van der Waals surface area contributed by atoms with Gasteiger partial charge in [-0.25, -0.2) is 17.9 Å². The summed E-state index contributed by atoms with van der Waals surface area (Å²) in [6, 6.07) is -0.751. The molecule has 0 heterocycles. The van der Waals surface area contributed by atoms with Crippen LogP contribution in [0.1, 0.15) is 38.5 Å². The van der Waals surface area contributed by atoms with Crippen LogP contribution >= 0.6 is 0 Å². The van der Waals surface area contributed by atoms with Crippen molar-refractivity contribution < 1.29 is 22.3 Å². The van der Waals surface area contributed by atoms with Crippen LogP contribution in [-0.2, 0) is 14.8 Å². The number of carbonyl (C=O) groups excluding carboxylic acids is 1. The number of alkyl halides is 1. The van der Waals surface area contributed by atoms with Crippen LogP contribution in [0.25, 0.3) is 0 Å². The average Bonchev–Trinajstić information content (AvgIpc) is 2.85. The third-order valence-corrected chi connectivity index (χ3v) is 5.17. The minimum absolute atomic E-state index is 0.0924. The van der Waals surface area contributed by atoms with Gasteiger partial charge in [0.05, 0.1) is 19.0 Å². The van der Waals surface area contributed by atoms with Crippen molar-refractivity contribution in [1.82, 2.24) is 10.0 Å². The second-order valence-corrected chi connectivity index (χ2v) is 7.45. The summed E-state index contributed by atoms with van der Waals surface area (Å²) in [4.78, 5) is 11.5. The number of carbonyl (C=O) groups is 1. The Bertz CT molecular complexity index is 422. The minimum atomic E-state index is -3.74. The van der Waals surface area contributed by atoms with Crippen LogP contribution in [0.2, 0.25) is 0 Å². The summed E-state index contributed by atoms with van der Waals surface area (Å²) in [5, 5.41) is 2.55. The lowest BCUT2D eigenvalue weighted by Gasteiger charge is -2.28. The summed E-state index contributed by atoms with van der Waals surface area (Å²) in [7, 11) is -2.08. The third-order valence-electron chi connectivity index (χ3n) is 3.85. The monoisotopic (exact) mass is 324 g/mol. The number of hydrogen-bond donors (Lipinski definition) is 2. The van der Waals surface area contributed by atoms with Gasteiger partial charge in [0.1, 0.15) is 0 Å². The molecular formula is C13H25FN2O4S. The molecule has 0 spiro atoms. The molecule has 2 N–H and O–H groups in total. The summed E-state index contributed by atoms with van der Waals surface area (Å²) < 4.78 is 41.9. The fourth-order valence-electron chi connectivity index (χ4n) is 2.81. The number of ether oxygens (including phenoxy) is 1. The van der Waals surface area contributed by atoms with Crippen molar-refractivity contribution >= 4 is 16.1 Å². The van der Waals surface area contributed by atoms with Crippen LogP contribution in [-0.4, -0.2) is 47.1 Å². The third kappa shape index (κ3) is 6.60. The van der Waals surface area contributed by atoms with E-state index in [2.05, 4.69) is 5.32 Å². The Morgan fingerprint density at radius 2 is 2.00 bits per heavy atom. The Labute approximate surface area is 125 Å². The van der Waals surface area contributed by atoms with Gasteiger partial charge < -0.3 is 10.1 Å². The standard InChI is InChI=1S/C13H25FN2O4S/c1-20-11-13(5-2-3-6-13)7-9-15-12(17)16-21(18,19)10-4-8-14/h2-11H2,1H3,(H2,15,16,17). The minimum Gasteiger partial charge on any atom is -0.384 e. The highest BCUT2D eigenvalue weighted by atomic mass is 32.2. The van der Waals surface area contributed by atoms with E-state index in [4.69, 9.17) is 4.74 Å². The zero-order chi connectivity index (χ0) is 15.8. The van der Waals surface area contributed by atoms with Crippen LogP contribution in [0.4, 0.5) is 9.18 Å². The molecule has 0 aliphatic heterocycles. The summed E-state index contributed by atoms with van der Waals surface area (Å²) in [5.41, 5.74) is 0.0924. The molecule has 0 saturated heterocycles. The van der Waals surface area contributed by atoms with Gasteiger partial charge in [0.2, 0.25) is 10.0 Å². The van der Waals surface area contributed by atoms with Crippen molar-refractivity contribution in [2.24, 2.45) is 5.41 Å². The van der Waals surface area contributed by atoms with Crippen molar-refractivity contribution in [3.05, 3.63) is 0 Å². The van der Waals surface area contributed by atoms with Crippen LogP contribution < -0.4 is 10.0 Å². The second-order valence-electron chi connectivity index (χ2n) is 5.61. The predicted molar refractivity (Wildman–Crippen MR) is 78.3 cm³/mol. The van der Waals surface area contributed by atoms with Gasteiger partial charge in [-0.15, -0.1) is 0 Å². The number of rotatable bonds is 9. The van der Waals surface area contributed by atoms with E-state index in [9.17, 15) is 17.6 Å². The maximum Gasteiger partial charge on any atom is 0.328 e. The Balaban J connectivity index is 2.32. The largest absolute Gasteiger partial charge is 0.384 e. The molecule has 8 heteroatoms.